The van der Waals surface area contributed by atoms with Crippen LogP contribution < -0.4 is 9.64 Å². The second kappa shape index (κ2) is 8.06. The van der Waals surface area contributed by atoms with Gasteiger partial charge in [0, 0.05) is 33.2 Å². The molecule has 6 rings (SSSR count). The molecule has 0 fully saturated rings. The Balaban J connectivity index is 1.67. The predicted octanol–water partition coefficient (Wildman–Crippen LogP) is 6.83. The van der Waals surface area contributed by atoms with Crippen LogP contribution >= 0.6 is 31.9 Å². The van der Waals surface area contributed by atoms with Crippen LogP contribution in [-0.4, -0.2) is 21.8 Å². The van der Waals surface area contributed by atoms with Gasteiger partial charge >= 0.3 is 0 Å². The van der Waals surface area contributed by atoms with Crippen LogP contribution in [0.5, 0.6) is 5.75 Å². The molecular weight excluding hydrogens is 563 g/mol. The average Bonchev–Trinajstić information content (AvgIpc) is 3.31. The Kier molecular flexibility index (Phi) is 5.11. The second-order valence-electron chi connectivity index (χ2n) is 8.47. The monoisotopic (exact) mass is 580 g/mol. The zero-order valence-corrected chi connectivity index (χ0v) is 21.5. The SMILES string of the molecule is Cc1cc2c(cc1F)O[C@H](c1ccc(Br)cc1)C1=C2N(C)c2ncnn2[C@H]1c1ccc(Br)cc1. The molecular formula is C26H19Br2FN4O. The van der Waals surface area contributed by atoms with Crippen LogP contribution in [0.25, 0.3) is 5.70 Å². The van der Waals surface area contributed by atoms with Crippen LogP contribution in [0.2, 0.25) is 0 Å². The first-order valence-corrected chi connectivity index (χ1v) is 12.4. The van der Waals surface area contributed by atoms with Gasteiger partial charge in [0.15, 0.2) is 0 Å². The fraction of sp³-hybridized carbons (Fsp3) is 0.154. The zero-order chi connectivity index (χ0) is 23.6. The molecule has 0 N–H and O–H groups in total. The van der Waals surface area contributed by atoms with Gasteiger partial charge in [0.05, 0.1) is 5.70 Å². The summed E-state index contributed by atoms with van der Waals surface area (Å²) in [5.41, 5.74) is 5.44. The van der Waals surface area contributed by atoms with Gasteiger partial charge in [0.2, 0.25) is 5.95 Å². The van der Waals surface area contributed by atoms with Crippen molar-refractivity contribution in [2.24, 2.45) is 0 Å². The molecule has 5 nitrogen and oxygen atoms in total. The third kappa shape index (κ3) is 3.31. The van der Waals surface area contributed by atoms with E-state index in [4.69, 9.17) is 4.74 Å². The van der Waals surface area contributed by atoms with Crippen molar-refractivity contribution in [1.82, 2.24) is 14.8 Å². The summed E-state index contributed by atoms with van der Waals surface area (Å²) in [6, 6.07) is 19.4. The minimum atomic E-state index is -0.439. The first-order chi connectivity index (χ1) is 16.4. The van der Waals surface area contributed by atoms with Gasteiger partial charge in [-0.25, -0.2) is 9.07 Å². The molecule has 170 valence electrons. The second-order valence-corrected chi connectivity index (χ2v) is 10.3. The zero-order valence-electron chi connectivity index (χ0n) is 18.3. The molecule has 0 radical (unpaired) electrons. The molecule has 2 aliphatic heterocycles. The van der Waals surface area contributed by atoms with Gasteiger partial charge in [-0.2, -0.15) is 10.1 Å². The number of anilines is 1. The molecule has 0 saturated heterocycles. The van der Waals surface area contributed by atoms with Crippen molar-refractivity contribution >= 4 is 43.5 Å². The molecule has 8 heteroatoms. The molecule has 4 aromatic rings. The van der Waals surface area contributed by atoms with Gasteiger partial charge in [-0.15, -0.1) is 0 Å². The lowest BCUT2D eigenvalue weighted by molar-refractivity contribution is 0.221. The Morgan fingerprint density at radius 1 is 0.941 bits per heavy atom. The third-order valence-corrected chi connectivity index (χ3v) is 7.46. The normalized spacial score (nSPS) is 18.8. The summed E-state index contributed by atoms with van der Waals surface area (Å²) in [5, 5.41) is 4.60. The van der Waals surface area contributed by atoms with Gasteiger partial charge in [-0.3, -0.25) is 0 Å². The third-order valence-electron chi connectivity index (χ3n) is 6.40. The van der Waals surface area contributed by atoms with E-state index >= 15 is 0 Å². The molecule has 2 aliphatic rings. The summed E-state index contributed by atoms with van der Waals surface area (Å²) in [6.45, 7) is 1.77. The van der Waals surface area contributed by atoms with E-state index in [0.717, 1.165) is 42.9 Å². The van der Waals surface area contributed by atoms with E-state index in [2.05, 4.69) is 54.1 Å². The number of benzene rings is 3. The van der Waals surface area contributed by atoms with E-state index in [1.807, 2.05) is 59.1 Å². The standard InChI is InChI=1S/C26H19Br2FN4O/c1-14-11-19-21(12-20(14)29)34-25(16-5-9-18(28)10-6-16)22-23(15-3-7-17(27)8-4-15)33-26(30-13-31-33)32(2)24(19)22/h3-13,23,25H,1-2H3/t23-,25+/m0/s1. The maximum Gasteiger partial charge on any atom is 0.229 e. The van der Waals surface area contributed by atoms with E-state index in [1.54, 1.807) is 13.3 Å². The van der Waals surface area contributed by atoms with Crippen molar-refractivity contribution in [3.63, 3.8) is 0 Å². The number of ether oxygens (including phenoxy) is 1. The number of aryl methyl sites for hydroxylation is 1. The largest absolute Gasteiger partial charge is 0.480 e. The van der Waals surface area contributed by atoms with Crippen LogP contribution in [-0.2, 0) is 0 Å². The number of hydrogen-bond acceptors (Lipinski definition) is 4. The number of nitrogens with zero attached hydrogens (tertiary/aromatic N) is 4. The molecule has 2 atom stereocenters. The summed E-state index contributed by atoms with van der Waals surface area (Å²) in [7, 11) is 1.97. The first kappa shape index (κ1) is 21.6. The maximum atomic E-state index is 14.6. The average molecular weight is 582 g/mol. The Labute approximate surface area is 213 Å². The summed E-state index contributed by atoms with van der Waals surface area (Å²) >= 11 is 7.07. The van der Waals surface area contributed by atoms with Crippen molar-refractivity contribution in [2.45, 2.75) is 19.1 Å². The highest BCUT2D eigenvalue weighted by Crippen LogP contribution is 2.52. The fourth-order valence-electron chi connectivity index (χ4n) is 4.81. The summed E-state index contributed by atoms with van der Waals surface area (Å²) in [4.78, 5) is 6.59. The highest BCUT2D eigenvalue weighted by atomic mass is 79.9. The van der Waals surface area contributed by atoms with Crippen molar-refractivity contribution in [3.8, 4) is 5.75 Å². The summed E-state index contributed by atoms with van der Waals surface area (Å²) in [6.07, 6.45) is 1.13. The molecule has 0 amide bonds. The Bertz CT molecular complexity index is 1450. The maximum absolute atomic E-state index is 14.6. The Morgan fingerprint density at radius 2 is 1.59 bits per heavy atom. The molecule has 3 heterocycles. The molecule has 1 aromatic heterocycles. The van der Waals surface area contributed by atoms with E-state index in [9.17, 15) is 4.39 Å². The van der Waals surface area contributed by atoms with Crippen LogP contribution in [0.15, 0.2) is 81.5 Å². The molecule has 0 bridgehead atoms. The molecule has 3 aromatic carbocycles. The highest BCUT2D eigenvalue weighted by Gasteiger charge is 2.43. The smallest absolute Gasteiger partial charge is 0.229 e. The Hall–Kier alpha value is -2.97. The number of fused-ring (bicyclic) bond motifs is 3. The first-order valence-electron chi connectivity index (χ1n) is 10.8. The minimum Gasteiger partial charge on any atom is -0.480 e. The molecule has 0 unspecified atom stereocenters. The van der Waals surface area contributed by atoms with Crippen LogP contribution in [0, 0.1) is 12.7 Å². The molecule has 34 heavy (non-hydrogen) atoms. The van der Waals surface area contributed by atoms with Crippen molar-refractivity contribution < 1.29 is 9.13 Å². The summed E-state index contributed by atoms with van der Waals surface area (Å²) < 4.78 is 25.1. The topological polar surface area (TPSA) is 43.2 Å². The van der Waals surface area contributed by atoms with Crippen molar-refractivity contribution in [3.05, 3.63) is 110 Å². The minimum absolute atomic E-state index is 0.246. The van der Waals surface area contributed by atoms with E-state index in [1.165, 1.54) is 6.07 Å². The van der Waals surface area contributed by atoms with Crippen molar-refractivity contribution in [2.75, 3.05) is 11.9 Å². The van der Waals surface area contributed by atoms with Crippen LogP contribution in [0.4, 0.5) is 10.3 Å². The van der Waals surface area contributed by atoms with Gasteiger partial charge in [-0.1, -0.05) is 56.1 Å². The lowest BCUT2D eigenvalue weighted by Crippen LogP contribution is -2.37. The van der Waals surface area contributed by atoms with E-state index in [-0.39, 0.29) is 11.9 Å². The van der Waals surface area contributed by atoms with Gasteiger partial charge in [0.1, 0.15) is 30.0 Å². The van der Waals surface area contributed by atoms with Crippen LogP contribution in [0.3, 0.4) is 0 Å². The van der Waals surface area contributed by atoms with E-state index < -0.39 is 6.10 Å². The van der Waals surface area contributed by atoms with Gasteiger partial charge < -0.3 is 9.64 Å². The Morgan fingerprint density at radius 3 is 2.26 bits per heavy atom. The lowest BCUT2D eigenvalue weighted by atomic mass is 9.84. The van der Waals surface area contributed by atoms with Gasteiger partial charge in [-0.05, 0) is 53.9 Å². The van der Waals surface area contributed by atoms with Crippen LogP contribution in [0.1, 0.15) is 34.4 Å². The molecule has 0 aliphatic carbocycles. The quantitative estimate of drug-likeness (QED) is 0.260. The summed E-state index contributed by atoms with van der Waals surface area (Å²) in [5.74, 6) is 0.948. The van der Waals surface area contributed by atoms with E-state index in [0.29, 0.717) is 11.3 Å². The number of rotatable bonds is 2. The van der Waals surface area contributed by atoms with Gasteiger partial charge in [0.25, 0.3) is 0 Å². The number of hydrogen-bond donors (Lipinski definition) is 0. The molecule has 0 saturated carbocycles. The molecule has 0 spiro atoms. The van der Waals surface area contributed by atoms with Crippen molar-refractivity contribution in [1.29, 1.82) is 0 Å². The number of halogens is 3. The number of aromatic nitrogens is 3. The predicted molar refractivity (Wildman–Crippen MR) is 136 cm³/mol. The highest BCUT2D eigenvalue weighted by molar-refractivity contribution is 9.10. The lowest BCUT2D eigenvalue weighted by Gasteiger charge is -2.42. The fourth-order valence-corrected chi connectivity index (χ4v) is 5.34.